The maximum atomic E-state index is 12.4. The van der Waals surface area contributed by atoms with E-state index in [9.17, 15) is 39.3 Å². The Morgan fingerprint density at radius 1 is 0.823 bits per heavy atom. The van der Waals surface area contributed by atoms with Gasteiger partial charge in [-0.2, -0.15) is 16.7 Å². The van der Waals surface area contributed by atoms with E-state index in [0.29, 0.717) is 114 Å². The van der Waals surface area contributed by atoms with Crippen LogP contribution in [0.2, 0.25) is 0 Å². The van der Waals surface area contributed by atoms with E-state index in [2.05, 4.69) is 31.6 Å². The minimum atomic E-state index is -1.43. The minimum Gasteiger partial charge on any atom is -0.394 e. The summed E-state index contributed by atoms with van der Waals surface area (Å²) in [6.07, 6.45) is 1.08. The van der Waals surface area contributed by atoms with Crippen LogP contribution in [0.25, 0.3) is 0 Å². The summed E-state index contributed by atoms with van der Waals surface area (Å²) in [6, 6.07) is 0.354. The molecule has 1 aromatic rings. The van der Waals surface area contributed by atoms with Crippen LogP contribution in [0, 0.1) is 0 Å². The second-order valence-electron chi connectivity index (χ2n) is 14.7. The Hall–Kier alpha value is -2.91. The molecule has 3 aliphatic rings. The highest BCUT2D eigenvalue weighted by Gasteiger charge is 2.44. The smallest absolute Gasteiger partial charge is 0.351 e. The van der Waals surface area contributed by atoms with Crippen LogP contribution >= 0.6 is 33.3 Å². The molecule has 21 nitrogen and oxygen atoms in total. The zero-order chi connectivity index (χ0) is 44.5. The number of aryl methyl sites for hydroxylation is 1. The first-order chi connectivity index (χ1) is 30.1. The molecule has 3 saturated heterocycles. The third kappa shape index (κ3) is 18.7. The number of urea groups is 1. The van der Waals surface area contributed by atoms with Gasteiger partial charge in [-0.05, 0) is 25.7 Å². The fourth-order valence-corrected chi connectivity index (χ4v) is 10.2. The fraction of sp³-hybridized carbons (Fsp3) is 0.789. The molecule has 10 N–H and O–H groups in total. The van der Waals surface area contributed by atoms with Crippen molar-refractivity contribution >= 4 is 62.9 Å². The van der Waals surface area contributed by atoms with Gasteiger partial charge in [0.25, 0.3) is 0 Å². The molecule has 0 unspecified atom stereocenters. The number of nitrogens with two attached hydrogens (primary N) is 1. The molecule has 7 atom stereocenters. The molecule has 0 radical (unpaired) electrons. The van der Waals surface area contributed by atoms with Crippen molar-refractivity contribution in [3.8, 4) is 0 Å². The van der Waals surface area contributed by atoms with Crippen molar-refractivity contribution in [3.05, 3.63) is 22.2 Å². The number of nitrogen functional groups attached to an aromatic ring is 1. The Kier molecular flexibility index (Phi) is 24.6. The molecule has 0 bridgehead atoms. The molecule has 24 heteroatoms. The quantitative estimate of drug-likeness (QED) is 0.0224. The number of thioether (sulfide) groups is 1. The molecule has 5 amide bonds. The third-order valence-electron chi connectivity index (χ3n) is 10.0. The standard InChI is InChI=1S/C38H64N8O13S3/c39-35-25(22-46(38(54)45-35)36-34(52)33(51)27(23-47)59-36)4-3-9-40-31(50)8-20-61-62-21-11-42-30(49)7-12-55-14-16-57-18-19-58-17-15-56-13-10-41-29(48)6-2-1-5-28-32-26(24-60-28)43-37(53)44-32/h22,26-28,32-34,36,47,51-52H,1-21,23-24H2,(H,40,50)(H,41,48)(H,42,49)(H2,39,45,54)(H2,43,44,53)/t26-,27+,28-,32-,33-,34-,36+/m0/s1. The second kappa shape index (κ2) is 29.5. The molecule has 0 aliphatic carbocycles. The van der Waals surface area contributed by atoms with E-state index in [0.717, 1.165) is 29.6 Å². The van der Waals surface area contributed by atoms with Gasteiger partial charge in [0.2, 0.25) is 17.7 Å². The number of ether oxygens (including phenoxy) is 5. The van der Waals surface area contributed by atoms with E-state index < -0.39 is 36.8 Å². The zero-order valence-corrected chi connectivity index (χ0v) is 37.5. The number of amides is 5. The van der Waals surface area contributed by atoms with Crippen molar-refractivity contribution in [2.75, 3.05) is 102 Å². The highest BCUT2D eigenvalue weighted by atomic mass is 33.1. The fourth-order valence-electron chi connectivity index (χ4n) is 6.73. The van der Waals surface area contributed by atoms with Gasteiger partial charge in [-0.3, -0.25) is 19.0 Å². The lowest BCUT2D eigenvalue weighted by molar-refractivity contribution is -0.122. The number of nitrogens with one attached hydrogen (secondary N) is 5. The average Bonchev–Trinajstić information content (AvgIpc) is 3.90. The molecule has 3 fully saturated rings. The van der Waals surface area contributed by atoms with E-state index in [1.165, 1.54) is 6.20 Å². The van der Waals surface area contributed by atoms with Crippen molar-refractivity contribution in [2.24, 2.45) is 0 Å². The highest BCUT2D eigenvalue weighted by molar-refractivity contribution is 8.76. The Labute approximate surface area is 373 Å². The summed E-state index contributed by atoms with van der Waals surface area (Å²) < 4.78 is 28.4. The van der Waals surface area contributed by atoms with Crippen LogP contribution in [0.15, 0.2) is 11.0 Å². The lowest BCUT2D eigenvalue weighted by atomic mass is 10.0. The summed E-state index contributed by atoms with van der Waals surface area (Å²) in [5, 5.41) is 44.5. The highest BCUT2D eigenvalue weighted by Crippen LogP contribution is 2.33. The number of unbranched alkanes of at least 4 members (excludes halogenated alkanes) is 1. The molecule has 4 heterocycles. The molecule has 4 rings (SSSR count). The first-order valence-electron chi connectivity index (χ1n) is 21.1. The van der Waals surface area contributed by atoms with Crippen molar-refractivity contribution in [3.63, 3.8) is 0 Å². The van der Waals surface area contributed by atoms with Crippen LogP contribution in [0.1, 0.15) is 56.7 Å². The number of aromatic nitrogens is 2. The Morgan fingerprint density at radius 3 is 2.19 bits per heavy atom. The molecule has 352 valence electrons. The number of carbonyl (C=O) groups is 4. The van der Waals surface area contributed by atoms with E-state index >= 15 is 0 Å². The van der Waals surface area contributed by atoms with Crippen LogP contribution in [0.3, 0.4) is 0 Å². The lowest BCUT2D eigenvalue weighted by Crippen LogP contribution is -2.36. The Balaban J connectivity index is 0.844. The molecular weight excluding hydrogens is 873 g/mol. The van der Waals surface area contributed by atoms with Crippen molar-refractivity contribution < 1.29 is 58.2 Å². The monoisotopic (exact) mass is 936 g/mol. The largest absolute Gasteiger partial charge is 0.394 e. The number of aliphatic hydroxyl groups is 3. The Morgan fingerprint density at radius 2 is 1.47 bits per heavy atom. The second-order valence-corrected chi connectivity index (χ2v) is 18.7. The molecule has 3 aliphatic heterocycles. The van der Waals surface area contributed by atoms with Crippen LogP contribution < -0.4 is 38.0 Å². The first-order valence-corrected chi connectivity index (χ1v) is 24.6. The predicted molar refractivity (Wildman–Crippen MR) is 235 cm³/mol. The summed E-state index contributed by atoms with van der Waals surface area (Å²) >= 11 is 1.89. The zero-order valence-electron chi connectivity index (χ0n) is 35.0. The van der Waals surface area contributed by atoms with Gasteiger partial charge < -0.3 is 71.3 Å². The number of carbonyl (C=O) groups excluding carboxylic acids is 4. The van der Waals surface area contributed by atoms with Gasteiger partial charge in [0.05, 0.1) is 71.5 Å². The number of aliphatic hydroxyl groups excluding tert-OH is 3. The van der Waals surface area contributed by atoms with E-state index in [1.54, 1.807) is 21.6 Å². The van der Waals surface area contributed by atoms with Crippen LogP contribution in [0.4, 0.5) is 10.6 Å². The maximum Gasteiger partial charge on any atom is 0.351 e. The maximum absolute atomic E-state index is 12.4. The minimum absolute atomic E-state index is 0.0179. The molecule has 62 heavy (non-hydrogen) atoms. The molecule has 0 aromatic carbocycles. The van der Waals surface area contributed by atoms with Gasteiger partial charge in [-0.15, -0.1) is 0 Å². The van der Waals surface area contributed by atoms with Crippen LogP contribution in [0.5, 0.6) is 0 Å². The van der Waals surface area contributed by atoms with Gasteiger partial charge in [0.15, 0.2) is 6.23 Å². The number of nitrogens with zero attached hydrogens (tertiary/aromatic N) is 2. The van der Waals surface area contributed by atoms with Crippen molar-refractivity contribution in [1.82, 2.24) is 36.1 Å². The SMILES string of the molecule is Nc1nc(=O)n([C@@H]2O[C@H](CO)[C@H](O)[C@@H]2O)cc1CCCNC(=O)CCSSCCNC(=O)CCOCCOCCOCCOCCNC(=O)CCCC[C@@H]1SC[C@@H]2NC(=O)N[C@@H]21. The first kappa shape index (κ1) is 51.7. The summed E-state index contributed by atoms with van der Waals surface area (Å²) in [4.78, 5) is 64.0. The number of fused-ring (bicyclic) bond motifs is 1. The molecule has 0 saturated carbocycles. The van der Waals surface area contributed by atoms with Gasteiger partial charge in [0, 0.05) is 73.2 Å². The molecule has 0 spiro atoms. The normalized spacial score (nSPS) is 22.9. The van der Waals surface area contributed by atoms with Gasteiger partial charge in [0.1, 0.15) is 24.1 Å². The van der Waals surface area contributed by atoms with Crippen LogP contribution in [-0.2, 0) is 44.5 Å². The van der Waals surface area contributed by atoms with Gasteiger partial charge in [-0.1, -0.05) is 28.0 Å². The topological polar surface area (TPSA) is 296 Å². The van der Waals surface area contributed by atoms with Crippen molar-refractivity contribution in [1.29, 1.82) is 0 Å². The summed E-state index contributed by atoms with van der Waals surface area (Å²) in [5.74, 6) is 2.05. The molecular formula is C38H64N8O13S3. The number of hydrogen-bond donors (Lipinski definition) is 9. The van der Waals surface area contributed by atoms with E-state index in [-0.39, 0.29) is 54.7 Å². The number of hydrogen-bond acceptors (Lipinski definition) is 18. The Bertz CT molecular complexity index is 1590. The van der Waals surface area contributed by atoms with Gasteiger partial charge in [-0.25, -0.2) is 9.59 Å². The van der Waals surface area contributed by atoms with Gasteiger partial charge >= 0.3 is 11.7 Å². The summed E-state index contributed by atoms with van der Waals surface area (Å²) in [7, 11) is 3.10. The average molecular weight is 937 g/mol. The third-order valence-corrected chi connectivity index (χ3v) is 14.0. The van der Waals surface area contributed by atoms with E-state index in [1.807, 2.05) is 11.8 Å². The summed E-state index contributed by atoms with van der Waals surface area (Å²) in [6.45, 7) is 3.91. The van der Waals surface area contributed by atoms with Crippen molar-refractivity contribution in [2.45, 2.75) is 93.2 Å². The summed E-state index contributed by atoms with van der Waals surface area (Å²) in [5.41, 5.74) is 5.67. The predicted octanol–water partition coefficient (Wildman–Crippen LogP) is -1.33. The van der Waals surface area contributed by atoms with Crippen LogP contribution in [-0.4, -0.2) is 181 Å². The molecule has 1 aromatic heterocycles. The van der Waals surface area contributed by atoms with E-state index in [4.69, 9.17) is 29.4 Å². The lowest BCUT2D eigenvalue weighted by Gasteiger charge is -2.18. The number of rotatable bonds is 33. The number of anilines is 1.